The fourth-order valence-electron chi connectivity index (χ4n) is 1.93. The van der Waals surface area contributed by atoms with Crippen LogP contribution in [0.25, 0.3) is 0 Å². The monoisotopic (exact) mass is 275 g/mol. The molecule has 0 unspecified atom stereocenters. The maximum Gasteiger partial charge on any atom is 0.396 e. The summed E-state index contributed by atoms with van der Waals surface area (Å²) < 4.78 is 41.7. The Hall–Kier alpha value is -1.70. The number of aromatic nitrogens is 2. The summed E-state index contributed by atoms with van der Waals surface area (Å²) in [5.41, 5.74) is 0.936. The Morgan fingerprint density at radius 3 is 2.79 bits per heavy atom. The molecule has 0 amide bonds. The predicted octanol–water partition coefficient (Wildman–Crippen LogP) is 1.01. The molecule has 1 aliphatic heterocycles. The van der Waals surface area contributed by atoms with Crippen LogP contribution in [0.2, 0.25) is 0 Å². The number of nitrogens with one attached hydrogen (secondary N) is 1. The molecule has 19 heavy (non-hydrogen) atoms. The number of hydrogen-bond acceptors (Lipinski definition) is 5. The Morgan fingerprint density at radius 2 is 2.16 bits per heavy atom. The molecule has 104 valence electrons. The average Bonchev–Trinajstić information content (AvgIpc) is 2.35. The van der Waals surface area contributed by atoms with Crippen LogP contribution in [0.15, 0.2) is 0 Å². The highest BCUT2D eigenvalue weighted by atomic mass is 19.4. The highest BCUT2D eigenvalue weighted by Crippen LogP contribution is 2.22. The lowest BCUT2D eigenvalue weighted by molar-refractivity contribution is -0.128. The lowest BCUT2D eigenvalue weighted by Gasteiger charge is -2.19. The van der Waals surface area contributed by atoms with Crippen molar-refractivity contribution in [1.82, 2.24) is 15.3 Å². The number of nitrogens with zero attached hydrogens (tertiary/aromatic N) is 2. The van der Waals surface area contributed by atoms with Crippen LogP contribution in [-0.2, 0) is 24.1 Å². The number of rotatable bonds is 2. The van der Waals surface area contributed by atoms with Gasteiger partial charge in [0.1, 0.15) is 12.2 Å². The van der Waals surface area contributed by atoms with Gasteiger partial charge in [-0.25, -0.2) is 14.8 Å². The molecule has 0 radical (unpaired) electrons. The van der Waals surface area contributed by atoms with E-state index >= 15 is 0 Å². The minimum absolute atomic E-state index is 0.0618. The van der Waals surface area contributed by atoms with Crippen LogP contribution in [0.1, 0.15) is 27.6 Å². The number of hydrogen-bond donors (Lipinski definition) is 1. The minimum Gasteiger partial charge on any atom is -0.464 e. The molecule has 0 spiro atoms. The number of esters is 1. The van der Waals surface area contributed by atoms with Crippen LogP contribution in [-0.4, -0.2) is 35.8 Å². The second-order valence-electron chi connectivity index (χ2n) is 4.12. The van der Waals surface area contributed by atoms with Crippen molar-refractivity contribution in [3.8, 4) is 0 Å². The molecule has 2 heterocycles. The van der Waals surface area contributed by atoms with Crippen molar-refractivity contribution in [1.29, 1.82) is 0 Å². The lowest BCUT2D eigenvalue weighted by atomic mass is 10.0. The Morgan fingerprint density at radius 1 is 1.42 bits per heavy atom. The zero-order valence-electron chi connectivity index (χ0n) is 10.2. The molecule has 8 heteroatoms. The quantitative estimate of drug-likeness (QED) is 0.816. The third kappa shape index (κ3) is 3.19. The number of fused-ring (bicyclic) bond motifs is 1. The van der Waals surface area contributed by atoms with Gasteiger partial charge in [0.15, 0.2) is 5.69 Å². The standard InChI is InChI=1S/C11H12F3N3O2/c1-19-10(18)9-6-2-3-15-5-7(6)16-8(17-9)4-11(12,13)14/h15H,2-5H2,1H3. The topological polar surface area (TPSA) is 64.1 Å². The maximum absolute atomic E-state index is 12.4. The molecule has 0 aliphatic carbocycles. The normalized spacial score (nSPS) is 14.9. The first-order chi connectivity index (χ1) is 8.90. The van der Waals surface area contributed by atoms with Gasteiger partial charge in [0, 0.05) is 12.1 Å². The first-order valence-electron chi connectivity index (χ1n) is 5.65. The summed E-state index contributed by atoms with van der Waals surface area (Å²) in [6, 6.07) is 0. The predicted molar refractivity (Wildman–Crippen MR) is 58.5 cm³/mol. The molecular weight excluding hydrogens is 263 g/mol. The molecule has 0 atom stereocenters. The molecule has 2 rings (SSSR count). The van der Waals surface area contributed by atoms with E-state index in [2.05, 4.69) is 20.0 Å². The summed E-state index contributed by atoms with van der Waals surface area (Å²) in [4.78, 5) is 19.2. The smallest absolute Gasteiger partial charge is 0.396 e. The summed E-state index contributed by atoms with van der Waals surface area (Å²) in [7, 11) is 1.17. The van der Waals surface area contributed by atoms with Crippen molar-refractivity contribution >= 4 is 5.97 Å². The molecule has 0 saturated heterocycles. The summed E-state index contributed by atoms with van der Waals surface area (Å²) >= 11 is 0. The third-order valence-electron chi connectivity index (χ3n) is 2.72. The summed E-state index contributed by atoms with van der Waals surface area (Å²) in [6.45, 7) is 0.950. The first kappa shape index (κ1) is 13.7. The van der Waals surface area contributed by atoms with Crippen LogP contribution in [0, 0.1) is 0 Å². The highest BCUT2D eigenvalue weighted by molar-refractivity contribution is 5.89. The van der Waals surface area contributed by atoms with Gasteiger partial charge in [0.2, 0.25) is 0 Å². The van der Waals surface area contributed by atoms with Gasteiger partial charge in [-0.15, -0.1) is 0 Å². The van der Waals surface area contributed by atoms with E-state index < -0.39 is 24.4 Å². The van der Waals surface area contributed by atoms with Gasteiger partial charge in [-0.3, -0.25) is 0 Å². The second-order valence-corrected chi connectivity index (χ2v) is 4.12. The van der Waals surface area contributed by atoms with Gasteiger partial charge in [-0.2, -0.15) is 13.2 Å². The van der Waals surface area contributed by atoms with Crippen LogP contribution in [0.5, 0.6) is 0 Å². The largest absolute Gasteiger partial charge is 0.464 e. The summed E-state index contributed by atoms with van der Waals surface area (Å²) in [5.74, 6) is -1.14. The molecule has 0 bridgehead atoms. The molecule has 1 aliphatic rings. The van der Waals surface area contributed by atoms with Crippen molar-refractivity contribution in [2.75, 3.05) is 13.7 Å². The lowest BCUT2D eigenvalue weighted by Crippen LogP contribution is -2.29. The molecule has 1 N–H and O–H groups in total. The van der Waals surface area contributed by atoms with E-state index in [9.17, 15) is 18.0 Å². The van der Waals surface area contributed by atoms with Gasteiger partial charge in [-0.1, -0.05) is 0 Å². The van der Waals surface area contributed by atoms with E-state index in [0.29, 0.717) is 30.8 Å². The third-order valence-corrected chi connectivity index (χ3v) is 2.72. The number of ether oxygens (including phenoxy) is 1. The number of halogens is 3. The Kier molecular flexibility index (Phi) is 3.70. The zero-order valence-corrected chi connectivity index (χ0v) is 10.2. The Balaban J connectivity index is 2.45. The van der Waals surface area contributed by atoms with Crippen molar-refractivity contribution in [3.63, 3.8) is 0 Å². The average molecular weight is 275 g/mol. The van der Waals surface area contributed by atoms with Gasteiger partial charge >= 0.3 is 12.1 Å². The molecule has 1 aromatic heterocycles. The van der Waals surface area contributed by atoms with E-state index in [-0.39, 0.29) is 5.69 Å². The Labute approximate surface area is 107 Å². The first-order valence-corrected chi connectivity index (χ1v) is 5.65. The number of methoxy groups -OCH3 is 1. The highest BCUT2D eigenvalue weighted by Gasteiger charge is 2.31. The van der Waals surface area contributed by atoms with E-state index in [1.54, 1.807) is 0 Å². The molecule has 0 aromatic carbocycles. The van der Waals surface area contributed by atoms with Gasteiger partial charge in [-0.05, 0) is 13.0 Å². The summed E-state index contributed by atoms with van der Waals surface area (Å²) in [5, 5.41) is 2.99. The van der Waals surface area contributed by atoms with Crippen molar-refractivity contribution < 1.29 is 22.7 Å². The van der Waals surface area contributed by atoms with Crippen molar-refractivity contribution in [2.45, 2.75) is 25.6 Å². The van der Waals surface area contributed by atoms with Crippen molar-refractivity contribution in [2.24, 2.45) is 0 Å². The van der Waals surface area contributed by atoms with Crippen LogP contribution >= 0.6 is 0 Å². The van der Waals surface area contributed by atoms with Crippen LogP contribution in [0.4, 0.5) is 13.2 Å². The van der Waals surface area contributed by atoms with Gasteiger partial charge in [0.25, 0.3) is 0 Å². The van der Waals surface area contributed by atoms with Crippen LogP contribution < -0.4 is 5.32 Å². The van der Waals surface area contributed by atoms with E-state index in [0.717, 1.165) is 0 Å². The molecule has 0 fully saturated rings. The molecular formula is C11H12F3N3O2. The minimum atomic E-state index is -4.41. The Bertz CT molecular complexity index is 503. The van der Waals surface area contributed by atoms with E-state index in [1.807, 2.05) is 0 Å². The van der Waals surface area contributed by atoms with E-state index in [4.69, 9.17) is 0 Å². The molecule has 0 saturated carbocycles. The molecule has 5 nitrogen and oxygen atoms in total. The van der Waals surface area contributed by atoms with Crippen molar-refractivity contribution in [3.05, 3.63) is 22.8 Å². The van der Waals surface area contributed by atoms with E-state index in [1.165, 1.54) is 7.11 Å². The second kappa shape index (κ2) is 5.12. The van der Waals surface area contributed by atoms with Gasteiger partial charge < -0.3 is 10.1 Å². The molecule has 1 aromatic rings. The van der Waals surface area contributed by atoms with Crippen LogP contribution in [0.3, 0.4) is 0 Å². The maximum atomic E-state index is 12.4. The summed E-state index contributed by atoms with van der Waals surface area (Å²) in [6.07, 6.45) is -5.18. The number of alkyl halides is 3. The fraction of sp³-hybridized carbons (Fsp3) is 0.545. The number of carbonyl (C=O) groups excluding carboxylic acids is 1. The fourth-order valence-corrected chi connectivity index (χ4v) is 1.93. The zero-order chi connectivity index (χ0) is 14.0. The SMILES string of the molecule is COC(=O)c1nc(CC(F)(F)F)nc2c1CCNC2. The number of carbonyl (C=O) groups is 1. The van der Waals surface area contributed by atoms with Gasteiger partial charge in [0.05, 0.1) is 12.8 Å².